The first-order valence-corrected chi connectivity index (χ1v) is 6.35. The van der Waals surface area contributed by atoms with Gasteiger partial charge in [0.1, 0.15) is 5.82 Å². The zero-order valence-corrected chi connectivity index (χ0v) is 11.4. The molecule has 0 amide bonds. The van der Waals surface area contributed by atoms with Crippen LogP contribution in [0.25, 0.3) is 0 Å². The van der Waals surface area contributed by atoms with Crippen molar-refractivity contribution in [1.29, 1.82) is 0 Å². The Kier molecular flexibility index (Phi) is 5.94. The minimum atomic E-state index is 0.0691. The van der Waals surface area contributed by atoms with E-state index in [4.69, 9.17) is 15.6 Å². The molecule has 6 heteroatoms. The lowest BCUT2D eigenvalue weighted by atomic mass is 10.3. The first kappa shape index (κ1) is 14.8. The Hall–Kier alpha value is -1.27. The van der Waals surface area contributed by atoms with Crippen molar-refractivity contribution in [2.45, 2.75) is 33.2 Å². The van der Waals surface area contributed by atoms with Crippen LogP contribution in [0.2, 0.25) is 0 Å². The fraction of sp³-hybridized carbons (Fsp3) is 0.750. The molecule has 0 unspecified atom stereocenters. The summed E-state index contributed by atoms with van der Waals surface area (Å²) in [4.78, 5) is 0. The molecule has 18 heavy (non-hydrogen) atoms. The third-order valence-electron chi connectivity index (χ3n) is 2.61. The van der Waals surface area contributed by atoms with Crippen molar-refractivity contribution in [3.05, 3.63) is 5.69 Å². The number of aryl methyl sites for hydroxylation is 1. The van der Waals surface area contributed by atoms with E-state index in [0.29, 0.717) is 18.9 Å². The second-order valence-electron chi connectivity index (χ2n) is 4.50. The van der Waals surface area contributed by atoms with E-state index in [2.05, 4.69) is 24.3 Å². The molecule has 4 N–H and O–H groups in total. The van der Waals surface area contributed by atoms with Gasteiger partial charge in [0.25, 0.3) is 0 Å². The molecule has 1 rings (SSSR count). The van der Waals surface area contributed by atoms with Crippen LogP contribution in [0.1, 0.15) is 32.0 Å². The number of rotatable bonds is 8. The fourth-order valence-corrected chi connectivity index (χ4v) is 1.66. The molecule has 0 aliphatic rings. The predicted molar refractivity (Wildman–Crippen MR) is 72.8 cm³/mol. The van der Waals surface area contributed by atoms with Gasteiger partial charge in [-0.1, -0.05) is 0 Å². The Bertz CT molecular complexity index is 363. The number of nitrogens with two attached hydrogens (primary N) is 1. The monoisotopic (exact) mass is 256 g/mol. The van der Waals surface area contributed by atoms with Gasteiger partial charge in [-0.2, -0.15) is 5.10 Å². The molecule has 6 nitrogen and oxygen atoms in total. The zero-order valence-electron chi connectivity index (χ0n) is 11.4. The van der Waals surface area contributed by atoms with Gasteiger partial charge in [-0.05, 0) is 27.2 Å². The summed E-state index contributed by atoms with van der Waals surface area (Å²) in [6.07, 6.45) is 0.863. The molecule has 0 radical (unpaired) electrons. The Morgan fingerprint density at radius 3 is 2.78 bits per heavy atom. The number of aliphatic hydroxyl groups excluding tert-OH is 1. The molecule has 0 saturated carbocycles. The molecule has 1 aromatic heterocycles. The van der Waals surface area contributed by atoms with Gasteiger partial charge in [0.2, 0.25) is 0 Å². The third-order valence-corrected chi connectivity index (χ3v) is 2.61. The molecule has 1 heterocycles. The molecule has 0 spiro atoms. The third kappa shape index (κ3) is 3.89. The van der Waals surface area contributed by atoms with Gasteiger partial charge in [-0.3, -0.25) is 0 Å². The Balaban J connectivity index is 2.46. The van der Waals surface area contributed by atoms with Crippen molar-refractivity contribution in [2.75, 3.05) is 37.4 Å². The van der Waals surface area contributed by atoms with Gasteiger partial charge in [-0.25, -0.2) is 4.68 Å². The molecule has 0 aliphatic carbocycles. The second-order valence-corrected chi connectivity index (χ2v) is 4.50. The highest BCUT2D eigenvalue weighted by molar-refractivity contribution is 5.64. The summed E-state index contributed by atoms with van der Waals surface area (Å²) in [5.41, 5.74) is 7.55. The zero-order chi connectivity index (χ0) is 13.5. The van der Waals surface area contributed by atoms with Crippen LogP contribution in [-0.4, -0.2) is 41.3 Å². The maximum atomic E-state index is 8.57. The molecule has 1 aromatic rings. The van der Waals surface area contributed by atoms with E-state index in [1.807, 2.05) is 11.6 Å². The maximum Gasteiger partial charge on any atom is 0.148 e. The van der Waals surface area contributed by atoms with Crippen molar-refractivity contribution in [2.24, 2.45) is 0 Å². The topological polar surface area (TPSA) is 85.3 Å². The van der Waals surface area contributed by atoms with Gasteiger partial charge in [0, 0.05) is 19.2 Å². The number of hydrogen-bond acceptors (Lipinski definition) is 5. The number of nitrogens with one attached hydrogen (secondary N) is 1. The van der Waals surface area contributed by atoms with Gasteiger partial charge in [0.05, 0.1) is 24.6 Å². The van der Waals surface area contributed by atoms with Crippen LogP contribution in [0, 0.1) is 6.92 Å². The summed E-state index contributed by atoms with van der Waals surface area (Å²) in [6, 6.07) is 0.272. The molecular formula is C12H24N4O2. The maximum absolute atomic E-state index is 8.57. The number of anilines is 2. The Labute approximate surface area is 108 Å². The minimum Gasteiger partial charge on any atom is -0.394 e. The summed E-state index contributed by atoms with van der Waals surface area (Å²) in [7, 11) is 0. The Morgan fingerprint density at radius 2 is 2.17 bits per heavy atom. The largest absolute Gasteiger partial charge is 0.394 e. The molecule has 0 aliphatic heterocycles. The van der Waals surface area contributed by atoms with E-state index in [1.165, 1.54) is 0 Å². The van der Waals surface area contributed by atoms with Crippen LogP contribution >= 0.6 is 0 Å². The molecule has 0 fully saturated rings. The highest BCUT2D eigenvalue weighted by Gasteiger charge is 2.13. The van der Waals surface area contributed by atoms with E-state index >= 15 is 0 Å². The normalized spacial score (nSPS) is 11.2. The molecule has 104 valence electrons. The molecule has 0 aromatic carbocycles. The Morgan fingerprint density at radius 1 is 1.44 bits per heavy atom. The summed E-state index contributed by atoms with van der Waals surface area (Å²) >= 11 is 0. The van der Waals surface area contributed by atoms with Crippen LogP contribution in [-0.2, 0) is 4.74 Å². The molecule has 0 saturated heterocycles. The number of nitrogens with zero attached hydrogens (tertiary/aromatic N) is 2. The van der Waals surface area contributed by atoms with Crippen molar-refractivity contribution in [3.63, 3.8) is 0 Å². The average Bonchev–Trinajstić information content (AvgIpc) is 2.61. The number of nitrogen functional groups attached to an aromatic ring is 1. The van der Waals surface area contributed by atoms with E-state index in [0.717, 1.165) is 24.5 Å². The molecule has 0 bridgehead atoms. The molecule has 0 atom stereocenters. The van der Waals surface area contributed by atoms with E-state index < -0.39 is 0 Å². The van der Waals surface area contributed by atoms with E-state index in [-0.39, 0.29) is 12.6 Å². The summed E-state index contributed by atoms with van der Waals surface area (Å²) in [5.74, 6) is 0.879. The fourth-order valence-electron chi connectivity index (χ4n) is 1.66. The van der Waals surface area contributed by atoms with Crippen LogP contribution in [0.5, 0.6) is 0 Å². The smallest absolute Gasteiger partial charge is 0.148 e. The van der Waals surface area contributed by atoms with Gasteiger partial charge in [0.15, 0.2) is 0 Å². The highest BCUT2D eigenvalue weighted by Crippen LogP contribution is 2.25. The summed E-state index contributed by atoms with van der Waals surface area (Å²) in [6.45, 7) is 7.91. The number of aliphatic hydroxyl groups is 1. The first-order chi connectivity index (χ1) is 8.57. The number of aromatic nitrogens is 2. The van der Waals surface area contributed by atoms with E-state index in [9.17, 15) is 0 Å². The number of ether oxygens (including phenoxy) is 1. The van der Waals surface area contributed by atoms with E-state index in [1.54, 1.807) is 0 Å². The SMILES string of the molecule is Cc1nn(C(C)C)c(NCCCOCCO)c1N. The summed E-state index contributed by atoms with van der Waals surface area (Å²) in [5, 5.41) is 16.3. The average molecular weight is 256 g/mol. The van der Waals surface area contributed by atoms with Gasteiger partial charge < -0.3 is 20.9 Å². The second kappa shape index (κ2) is 7.23. The van der Waals surface area contributed by atoms with Gasteiger partial charge in [-0.15, -0.1) is 0 Å². The van der Waals surface area contributed by atoms with Crippen LogP contribution in [0.4, 0.5) is 11.5 Å². The first-order valence-electron chi connectivity index (χ1n) is 6.35. The predicted octanol–water partition coefficient (Wildman–Crippen LogP) is 1.17. The van der Waals surface area contributed by atoms with Crippen LogP contribution in [0.3, 0.4) is 0 Å². The van der Waals surface area contributed by atoms with Crippen molar-refractivity contribution < 1.29 is 9.84 Å². The minimum absolute atomic E-state index is 0.0691. The van der Waals surface area contributed by atoms with Crippen molar-refractivity contribution in [1.82, 2.24) is 9.78 Å². The lowest BCUT2D eigenvalue weighted by molar-refractivity contribution is 0.0921. The lowest BCUT2D eigenvalue weighted by Crippen LogP contribution is -2.13. The quantitative estimate of drug-likeness (QED) is 0.608. The van der Waals surface area contributed by atoms with Crippen molar-refractivity contribution >= 4 is 11.5 Å². The number of hydrogen-bond donors (Lipinski definition) is 3. The summed E-state index contributed by atoms with van der Waals surface area (Å²) < 4.78 is 7.09. The lowest BCUT2D eigenvalue weighted by Gasteiger charge is -2.13. The van der Waals surface area contributed by atoms with Crippen LogP contribution in [0.15, 0.2) is 0 Å². The van der Waals surface area contributed by atoms with Crippen LogP contribution < -0.4 is 11.1 Å². The van der Waals surface area contributed by atoms with Crippen molar-refractivity contribution in [3.8, 4) is 0 Å². The highest BCUT2D eigenvalue weighted by atomic mass is 16.5. The van der Waals surface area contributed by atoms with Gasteiger partial charge >= 0.3 is 0 Å². The standard InChI is InChI=1S/C12H24N4O2/c1-9(2)16-12(11(13)10(3)15-16)14-5-4-7-18-8-6-17/h9,14,17H,4-8,13H2,1-3H3. The molecular weight excluding hydrogens is 232 g/mol.